The topological polar surface area (TPSA) is 112 Å². The zero-order valence-corrected chi connectivity index (χ0v) is 21.4. The Hall–Kier alpha value is -3.19. The molecule has 3 N–H and O–H groups in total. The number of hydrogen-bond acceptors (Lipinski definition) is 3. The van der Waals surface area contributed by atoms with Gasteiger partial charge < -0.3 is 0 Å². The minimum absolute atomic E-state index is 0. The van der Waals surface area contributed by atoms with E-state index in [2.05, 4.69) is 30.6 Å². The summed E-state index contributed by atoms with van der Waals surface area (Å²) in [7, 11) is 5.50. The molecule has 6 heterocycles. The van der Waals surface area contributed by atoms with Gasteiger partial charge in [0.25, 0.3) is 0 Å². The van der Waals surface area contributed by atoms with Crippen molar-refractivity contribution < 1.29 is 54.6 Å². The van der Waals surface area contributed by atoms with Crippen LogP contribution in [0.15, 0.2) is 111 Å². The molecule has 0 saturated heterocycles. The summed E-state index contributed by atoms with van der Waals surface area (Å²) in [6.45, 7) is 0. The third-order valence-electron chi connectivity index (χ3n) is 4.00. The van der Waals surface area contributed by atoms with Crippen molar-refractivity contribution >= 4 is 22.6 Å². The molecule has 0 aliphatic heterocycles. The maximum atomic E-state index is 4.01. The Morgan fingerprint density at radius 3 is 1.03 bits per heavy atom. The number of nitrogens with zero attached hydrogens (tertiary/aromatic N) is 9. The zero-order valence-electron chi connectivity index (χ0n) is 18.1. The molecule has 0 aromatic carbocycles. The first-order valence-electron chi connectivity index (χ1n) is 10.0. The molecule has 0 fully saturated rings. The number of aromatic nitrogens is 12. The van der Waals surface area contributed by atoms with Crippen molar-refractivity contribution in [2.75, 3.05) is 0 Å². The van der Waals surface area contributed by atoms with E-state index in [0.29, 0.717) is 0 Å². The summed E-state index contributed by atoms with van der Waals surface area (Å²) in [6.07, 6.45) is 22.1. The molecule has 0 aliphatic rings. The van der Waals surface area contributed by atoms with E-state index >= 15 is 0 Å². The number of nitrogens with one attached hydrogen (secondary N) is 3. The minimum atomic E-state index is 0. The molecule has 12 nitrogen and oxygen atoms in total. The normalized spacial score (nSPS) is 9.53. The van der Waals surface area contributed by atoms with Crippen LogP contribution in [0.2, 0.25) is 0 Å². The second-order valence-electron chi connectivity index (χ2n) is 6.44. The van der Waals surface area contributed by atoms with Crippen LogP contribution in [0.3, 0.4) is 0 Å². The van der Waals surface area contributed by atoms with E-state index in [9.17, 15) is 0 Å². The van der Waals surface area contributed by atoms with Crippen LogP contribution in [0, 0.1) is 40.8 Å². The molecule has 160 valence electrons. The van der Waals surface area contributed by atoms with Crippen LogP contribution in [0.5, 0.6) is 0 Å². The van der Waals surface area contributed by atoms with Gasteiger partial charge in [0.15, 0.2) is 18.6 Å². The summed E-state index contributed by atoms with van der Waals surface area (Å²) in [6, 6.07) is 11.4. The van der Waals surface area contributed by atoms with Gasteiger partial charge in [-0.3, -0.25) is 0 Å². The van der Waals surface area contributed by atoms with Crippen LogP contribution in [0.1, 0.15) is 0 Å². The predicted molar refractivity (Wildman–Crippen MR) is 119 cm³/mol. The molecule has 0 bridgehead atoms. The molecule has 16 heteroatoms. The van der Waals surface area contributed by atoms with Gasteiger partial charge in [-0.1, -0.05) is 0 Å². The zero-order chi connectivity index (χ0) is 22.6. The van der Waals surface area contributed by atoms with Gasteiger partial charge in [0.2, 0.25) is 0 Å². The Kier molecular flexibility index (Phi) is 10.6. The SMILES string of the molecule is [B](n1cccn1)[n+]1ccc[nH]1.[B](n1cccn1)[n+]1ccc[nH]1.[B](n1cccn1)[n+]1ccc[nH]1.[Nd+3]. The molecule has 0 spiro atoms. The Bertz CT molecular complexity index is 965. The third-order valence-corrected chi connectivity index (χ3v) is 4.00. The summed E-state index contributed by atoms with van der Waals surface area (Å²) in [5, 5.41) is 21.0. The molecular formula is C18H21B3N12Nd+6. The molecule has 0 amide bonds. The third kappa shape index (κ3) is 8.63. The number of hydrogen-bond donors (Lipinski definition) is 3. The molecule has 6 aromatic rings. The van der Waals surface area contributed by atoms with Crippen LogP contribution < -0.4 is 13.8 Å². The van der Waals surface area contributed by atoms with Gasteiger partial charge in [0, 0.05) is 55.4 Å². The first-order chi connectivity index (χ1) is 16.3. The second kappa shape index (κ2) is 14.2. The molecule has 4 radical (unpaired) electrons. The Labute approximate surface area is 230 Å². The first-order valence-corrected chi connectivity index (χ1v) is 10.0. The summed E-state index contributed by atoms with van der Waals surface area (Å²) in [5.41, 5.74) is 0. The van der Waals surface area contributed by atoms with Crippen molar-refractivity contribution in [2.45, 2.75) is 0 Å². The van der Waals surface area contributed by atoms with E-state index in [1.54, 1.807) is 32.4 Å². The summed E-state index contributed by atoms with van der Waals surface area (Å²) < 4.78 is 10.6. The van der Waals surface area contributed by atoms with Gasteiger partial charge in [-0.2, -0.15) is 44.4 Å². The van der Waals surface area contributed by atoms with E-state index in [-0.39, 0.29) is 40.8 Å². The molecule has 0 unspecified atom stereocenters. The van der Waals surface area contributed by atoms with Gasteiger partial charge in [-0.05, 0) is 18.2 Å². The maximum Gasteiger partial charge on any atom is 3.00 e. The van der Waals surface area contributed by atoms with Crippen LogP contribution >= 0.6 is 0 Å². The summed E-state index contributed by atoms with van der Waals surface area (Å²) >= 11 is 0. The van der Waals surface area contributed by atoms with E-state index in [4.69, 9.17) is 0 Å². The Morgan fingerprint density at radius 2 is 0.824 bits per heavy atom. The summed E-state index contributed by atoms with van der Waals surface area (Å²) in [4.78, 5) is 0. The van der Waals surface area contributed by atoms with Crippen molar-refractivity contribution in [1.29, 1.82) is 0 Å². The molecule has 0 aliphatic carbocycles. The minimum Gasteiger partial charge on any atom is -0.243 e. The average Bonchev–Trinajstić information content (AvgIpc) is 3.67. The molecule has 34 heavy (non-hydrogen) atoms. The fourth-order valence-corrected chi connectivity index (χ4v) is 2.57. The van der Waals surface area contributed by atoms with Crippen LogP contribution in [-0.4, -0.2) is 67.0 Å². The number of H-pyrrole nitrogens is 3. The molecule has 0 saturated carbocycles. The second-order valence-corrected chi connectivity index (χ2v) is 6.44. The fourth-order valence-electron chi connectivity index (χ4n) is 2.57. The van der Waals surface area contributed by atoms with Gasteiger partial charge in [-0.25, -0.2) is 13.8 Å². The van der Waals surface area contributed by atoms with Crippen molar-refractivity contribution in [3.05, 3.63) is 111 Å². The first kappa shape index (κ1) is 25.4. The molecule has 6 rings (SSSR count). The van der Waals surface area contributed by atoms with E-state index < -0.39 is 0 Å². The molecule has 0 atom stereocenters. The van der Waals surface area contributed by atoms with Crippen LogP contribution in [0.4, 0.5) is 0 Å². The van der Waals surface area contributed by atoms with Crippen LogP contribution in [-0.2, 0) is 0 Å². The average molecular weight is 582 g/mol. The van der Waals surface area contributed by atoms with Crippen molar-refractivity contribution in [2.24, 2.45) is 0 Å². The standard InChI is InChI=1S/3C6H7BN4.Nd/c3*1-3-8-10(5-1)7-11-6-2-4-9-11;/h3*1-6,8H;/q3*+1;+3. The quantitative estimate of drug-likeness (QED) is 0.204. The maximum absolute atomic E-state index is 4.01. The predicted octanol–water partition coefficient (Wildman–Crippen LogP) is -1.71. The summed E-state index contributed by atoms with van der Waals surface area (Å²) in [5.74, 6) is 0. The Balaban J connectivity index is 0.000000141. The van der Waals surface area contributed by atoms with Gasteiger partial charge in [-0.15, -0.1) is 0 Å². The largest absolute Gasteiger partial charge is 3.00 e. The smallest absolute Gasteiger partial charge is 0.243 e. The fraction of sp³-hybridized carbons (Fsp3) is 0. The van der Waals surface area contributed by atoms with E-state index in [0.717, 1.165) is 0 Å². The molecular weight excluding hydrogens is 561 g/mol. The monoisotopic (exact) mass is 580 g/mol. The number of aromatic amines is 3. The van der Waals surface area contributed by atoms with Crippen LogP contribution in [0.25, 0.3) is 0 Å². The van der Waals surface area contributed by atoms with Gasteiger partial charge in [0.1, 0.15) is 0 Å². The van der Waals surface area contributed by atoms with Crippen molar-refractivity contribution in [3.63, 3.8) is 0 Å². The van der Waals surface area contributed by atoms with Crippen molar-refractivity contribution in [1.82, 2.24) is 44.4 Å². The van der Waals surface area contributed by atoms with Gasteiger partial charge in [0.05, 0.1) is 18.6 Å². The molecule has 6 aromatic heterocycles. The van der Waals surface area contributed by atoms with E-state index in [1.165, 1.54) is 0 Å². The number of rotatable bonds is 6. The van der Waals surface area contributed by atoms with Gasteiger partial charge >= 0.3 is 63.5 Å². The Morgan fingerprint density at radius 1 is 0.500 bits per heavy atom. The van der Waals surface area contributed by atoms with E-state index in [1.807, 2.05) is 129 Å². The van der Waals surface area contributed by atoms with Crippen molar-refractivity contribution in [3.8, 4) is 0 Å².